The summed E-state index contributed by atoms with van der Waals surface area (Å²) in [6, 6.07) is -1.20. The van der Waals surface area contributed by atoms with Crippen molar-refractivity contribution >= 4 is 21.6 Å². The summed E-state index contributed by atoms with van der Waals surface area (Å²) < 4.78 is 87.9. The van der Waals surface area contributed by atoms with E-state index < -0.39 is 50.1 Å². The second-order valence-corrected chi connectivity index (χ2v) is 2.85. The van der Waals surface area contributed by atoms with Gasteiger partial charge in [-0.2, -0.15) is 0 Å². The topological polar surface area (TPSA) is 25.4 Å². The number of rotatable bonds is 2. The monoisotopic (exact) mass is 253 g/mol. The lowest BCUT2D eigenvalue weighted by atomic mass is 10.1. The van der Waals surface area contributed by atoms with Crippen molar-refractivity contribution in [1.29, 1.82) is 0 Å². The average molecular weight is 254 g/mol. The summed E-state index contributed by atoms with van der Waals surface area (Å²) in [5, 5.41) is 0. The van der Waals surface area contributed by atoms with Crippen molar-refractivity contribution in [2.24, 2.45) is 0 Å². The van der Waals surface area contributed by atoms with Crippen molar-refractivity contribution in [3.05, 3.63) is 22.9 Å². The molecule has 70 valence electrons. The largest absolute Gasteiger partial charge is 0.378 e. The highest BCUT2D eigenvalue weighted by molar-refractivity contribution is 9.10. The van der Waals surface area contributed by atoms with Gasteiger partial charge in [0.15, 0.2) is 0 Å². The first-order valence-corrected chi connectivity index (χ1v) is 4.01. The molecule has 0 spiro atoms. The fraction of sp³-hybridized carbons (Fsp3) is 0.444. The van der Waals surface area contributed by atoms with Crippen LogP contribution in [0.15, 0.2) is 22.9 Å². The van der Waals surface area contributed by atoms with Gasteiger partial charge in [0.25, 0.3) is 0 Å². The van der Waals surface area contributed by atoms with E-state index in [1.54, 1.807) is 0 Å². The molecule has 0 aromatic carbocycles. The third-order valence-corrected chi connectivity index (χ3v) is 1.67. The van der Waals surface area contributed by atoms with Crippen LogP contribution in [0.2, 0.25) is 0 Å². The smallest absolute Gasteiger partial charge is 0.106 e. The van der Waals surface area contributed by atoms with Crippen molar-refractivity contribution in [1.82, 2.24) is 4.98 Å². The Labute approximate surface area is 101 Å². The van der Waals surface area contributed by atoms with E-state index in [1.807, 2.05) is 0 Å². The summed E-state index contributed by atoms with van der Waals surface area (Å²) in [4.78, 5) is 3.81. The van der Waals surface area contributed by atoms with E-state index in [9.17, 15) is 0 Å². The van der Waals surface area contributed by atoms with Crippen LogP contribution in [0.1, 0.15) is 15.1 Å². The number of hydrogen-bond acceptors (Lipinski definition) is 3. The molecule has 1 aromatic rings. The molecular formula is C9H11BrN2O. The molecule has 0 bridgehead atoms. The Morgan fingerprint density at radius 2 is 2.77 bits per heavy atom. The van der Waals surface area contributed by atoms with Crippen LogP contribution in [0.4, 0.5) is 5.69 Å². The standard InChI is InChI=1S/C9H11BrN2O/c1-13-8-5-12(6-8)7-2-3-9(10)11-4-7/h2-4,8H,5-6H2,1H3/i1D3,2D,3D,4D,5D2,6D2,8D. The van der Waals surface area contributed by atoms with Crippen molar-refractivity contribution in [2.75, 3.05) is 24.9 Å². The second kappa shape index (κ2) is 3.64. The first-order valence-electron chi connectivity index (χ1n) is 8.72. The van der Waals surface area contributed by atoms with Crippen molar-refractivity contribution in [3.63, 3.8) is 0 Å². The molecule has 13 heavy (non-hydrogen) atoms. The molecule has 0 saturated carbocycles. The lowest BCUT2D eigenvalue weighted by Gasteiger charge is -2.39. The molecule has 1 aliphatic heterocycles. The van der Waals surface area contributed by atoms with Gasteiger partial charge >= 0.3 is 0 Å². The van der Waals surface area contributed by atoms with E-state index in [-0.39, 0.29) is 9.50 Å². The van der Waals surface area contributed by atoms with Gasteiger partial charge < -0.3 is 9.64 Å². The average Bonchev–Trinajstić information content (AvgIpc) is 2.38. The number of halogens is 1. The van der Waals surface area contributed by atoms with E-state index in [4.69, 9.17) is 15.1 Å². The maximum Gasteiger partial charge on any atom is 0.106 e. The van der Waals surface area contributed by atoms with Crippen LogP contribution < -0.4 is 4.90 Å². The third kappa shape index (κ3) is 1.84. The molecule has 0 amide bonds. The molecule has 1 fully saturated rings. The normalized spacial score (nSPS) is 40.7. The molecule has 2 rings (SSSR count). The highest BCUT2D eigenvalue weighted by Crippen LogP contribution is 2.22. The number of nitrogens with zero attached hydrogens (tertiary/aromatic N) is 2. The number of aromatic nitrogens is 1. The molecule has 0 radical (unpaired) electrons. The molecule has 0 atom stereocenters. The van der Waals surface area contributed by atoms with E-state index in [1.165, 1.54) is 0 Å². The fourth-order valence-electron chi connectivity index (χ4n) is 0.735. The van der Waals surface area contributed by atoms with E-state index in [0.717, 1.165) is 0 Å². The third-order valence-electron chi connectivity index (χ3n) is 1.30. The maximum absolute atomic E-state index is 7.89. The van der Waals surface area contributed by atoms with Crippen LogP contribution in [-0.4, -0.2) is 31.1 Å². The molecule has 4 heteroatoms. The summed E-state index contributed by atoms with van der Waals surface area (Å²) in [6.07, 6.45) is -3.84. The minimum absolute atomic E-state index is 0.154. The van der Waals surface area contributed by atoms with Gasteiger partial charge in [-0.1, -0.05) is 0 Å². The SMILES string of the molecule is [2H]c1nc(Br)c([2H])c([2H])c1N1C([2H])([2H])C([2H])(OC([2H])([2H])[2H])C1([2H])[2H]. The van der Waals surface area contributed by atoms with Gasteiger partial charge in [0.1, 0.15) is 4.60 Å². The summed E-state index contributed by atoms with van der Waals surface area (Å²) >= 11 is 2.86. The number of hydrogen-bond donors (Lipinski definition) is 0. The van der Waals surface area contributed by atoms with Gasteiger partial charge in [0.05, 0.1) is 33.0 Å². The first-order chi connectivity index (χ1) is 10.6. The van der Waals surface area contributed by atoms with Crippen LogP contribution in [0.5, 0.6) is 0 Å². The Morgan fingerprint density at radius 3 is 3.54 bits per heavy atom. The summed E-state index contributed by atoms with van der Waals surface area (Å²) in [7, 11) is -3.24. The van der Waals surface area contributed by atoms with Gasteiger partial charge in [0, 0.05) is 20.0 Å². The Morgan fingerprint density at radius 1 is 1.92 bits per heavy atom. The molecule has 0 aliphatic carbocycles. The molecule has 0 N–H and O–H groups in total. The number of ether oxygens (including phenoxy) is 1. The first kappa shape index (κ1) is 2.70. The number of methoxy groups -OCH3 is 1. The van der Waals surface area contributed by atoms with Crippen LogP contribution in [0.25, 0.3) is 0 Å². The van der Waals surface area contributed by atoms with Gasteiger partial charge in [0.2, 0.25) is 0 Å². The summed E-state index contributed by atoms with van der Waals surface area (Å²) in [5.74, 6) is 0. The lowest BCUT2D eigenvalue weighted by Crippen LogP contribution is -2.51. The minimum atomic E-state index is -3.24. The van der Waals surface area contributed by atoms with Crippen LogP contribution in [0, 0.1) is 0 Å². The molecule has 0 unspecified atom stereocenters. The molecule has 1 aromatic heterocycles. The molecule has 2 heterocycles. The zero-order valence-corrected chi connectivity index (χ0v) is 7.77. The van der Waals surface area contributed by atoms with E-state index in [2.05, 4.69) is 25.7 Å². The maximum atomic E-state index is 7.89. The molecular weight excluding hydrogens is 232 g/mol. The number of pyridine rings is 1. The highest BCUT2D eigenvalue weighted by Gasteiger charge is 2.26. The Hall–Kier alpha value is -0.610. The molecule has 3 nitrogen and oxygen atoms in total. The van der Waals surface area contributed by atoms with E-state index in [0.29, 0.717) is 0 Å². The van der Waals surface area contributed by atoms with Gasteiger partial charge in [-0.25, -0.2) is 4.98 Å². The zero-order valence-electron chi connectivity index (χ0n) is 17.2. The van der Waals surface area contributed by atoms with Crippen LogP contribution in [-0.2, 0) is 4.74 Å². The summed E-state index contributed by atoms with van der Waals surface area (Å²) in [5.41, 5.74) is -0.671. The van der Waals surface area contributed by atoms with Crippen LogP contribution in [0.3, 0.4) is 0 Å². The van der Waals surface area contributed by atoms with Crippen LogP contribution >= 0.6 is 15.9 Å². The highest BCUT2D eigenvalue weighted by atomic mass is 79.9. The zero-order chi connectivity index (χ0) is 18.9. The molecule has 1 saturated heterocycles. The quantitative estimate of drug-likeness (QED) is 0.751. The van der Waals surface area contributed by atoms with Gasteiger partial charge in [-0.3, -0.25) is 0 Å². The van der Waals surface area contributed by atoms with Crippen molar-refractivity contribution in [2.45, 2.75) is 6.08 Å². The molecule has 1 aliphatic rings. The predicted molar refractivity (Wildman–Crippen MR) is 54.9 cm³/mol. The number of anilines is 1. The minimum Gasteiger partial charge on any atom is -0.378 e. The predicted octanol–water partition coefficient (Wildman–Crippen LogP) is 1.68. The lowest BCUT2D eigenvalue weighted by molar-refractivity contribution is 0.0787. The van der Waals surface area contributed by atoms with Crippen molar-refractivity contribution in [3.8, 4) is 0 Å². The van der Waals surface area contributed by atoms with E-state index >= 15 is 0 Å². The Balaban J connectivity index is 2.62. The second-order valence-electron chi connectivity index (χ2n) is 2.10. The Bertz CT molecular complexity index is 675. The summed E-state index contributed by atoms with van der Waals surface area (Å²) in [6.45, 7) is -6.06. The fourth-order valence-corrected chi connectivity index (χ4v) is 0.923. The Kier molecular flexibility index (Phi) is 0.756. The van der Waals surface area contributed by atoms with Gasteiger partial charge in [-0.15, -0.1) is 0 Å². The van der Waals surface area contributed by atoms with Crippen molar-refractivity contribution < 1.29 is 19.8 Å². The van der Waals surface area contributed by atoms with Gasteiger partial charge in [-0.05, 0) is 28.0 Å².